The van der Waals surface area contributed by atoms with E-state index in [1.165, 1.54) is 19.1 Å². The zero-order valence-electron chi connectivity index (χ0n) is 9.73. The van der Waals surface area contributed by atoms with Crippen LogP contribution in [0.2, 0.25) is 5.02 Å². The van der Waals surface area contributed by atoms with Gasteiger partial charge in [0, 0.05) is 0 Å². The molecule has 0 aromatic heterocycles. The van der Waals surface area contributed by atoms with Gasteiger partial charge in [0.1, 0.15) is 17.3 Å². The molecule has 2 rings (SSSR count). The Morgan fingerprint density at radius 3 is 2.44 bits per heavy atom. The molecule has 0 radical (unpaired) electrons. The smallest absolute Gasteiger partial charge is 0.146 e. The number of para-hydroxylation sites is 1. The molecule has 2 aromatic rings. The van der Waals surface area contributed by atoms with Gasteiger partial charge in [-0.25, -0.2) is 4.39 Å². The third kappa shape index (κ3) is 2.63. The van der Waals surface area contributed by atoms with Crippen LogP contribution in [0.25, 0.3) is 0 Å². The summed E-state index contributed by atoms with van der Waals surface area (Å²) in [6, 6.07) is 11.3. The van der Waals surface area contributed by atoms with Gasteiger partial charge in [-0.05, 0) is 31.2 Å². The first-order valence-electron chi connectivity index (χ1n) is 5.48. The Morgan fingerprint density at radius 1 is 1.11 bits per heavy atom. The second-order valence-corrected chi connectivity index (χ2v) is 4.27. The highest BCUT2D eigenvalue weighted by Gasteiger charge is 2.15. The molecule has 1 N–H and O–H groups in total. The van der Waals surface area contributed by atoms with Crippen molar-refractivity contribution in [3.8, 4) is 11.5 Å². The van der Waals surface area contributed by atoms with Crippen LogP contribution < -0.4 is 4.74 Å². The first kappa shape index (κ1) is 12.9. The van der Waals surface area contributed by atoms with Gasteiger partial charge in [0.05, 0.1) is 16.7 Å². The lowest BCUT2D eigenvalue weighted by atomic mass is 10.1. The van der Waals surface area contributed by atoms with Crippen molar-refractivity contribution in [3.63, 3.8) is 0 Å². The van der Waals surface area contributed by atoms with E-state index in [0.29, 0.717) is 10.8 Å². The first-order valence-corrected chi connectivity index (χ1v) is 5.86. The van der Waals surface area contributed by atoms with E-state index < -0.39 is 11.9 Å². The van der Waals surface area contributed by atoms with Gasteiger partial charge >= 0.3 is 0 Å². The molecule has 0 heterocycles. The lowest BCUT2D eigenvalue weighted by Crippen LogP contribution is -2.00. The van der Waals surface area contributed by atoms with Crippen molar-refractivity contribution >= 4 is 11.6 Å². The molecule has 0 aliphatic heterocycles. The van der Waals surface area contributed by atoms with Crippen molar-refractivity contribution in [2.45, 2.75) is 13.0 Å². The van der Waals surface area contributed by atoms with Crippen LogP contribution in [0.15, 0.2) is 42.5 Å². The van der Waals surface area contributed by atoms with E-state index in [1.54, 1.807) is 30.3 Å². The van der Waals surface area contributed by atoms with Crippen molar-refractivity contribution in [1.29, 1.82) is 0 Å². The van der Waals surface area contributed by atoms with Gasteiger partial charge in [-0.3, -0.25) is 0 Å². The molecule has 0 saturated heterocycles. The maximum Gasteiger partial charge on any atom is 0.146 e. The van der Waals surface area contributed by atoms with E-state index in [-0.39, 0.29) is 11.3 Å². The molecule has 0 aliphatic carbocycles. The molecule has 2 nitrogen and oxygen atoms in total. The van der Waals surface area contributed by atoms with Gasteiger partial charge < -0.3 is 9.84 Å². The molecule has 0 aliphatic rings. The van der Waals surface area contributed by atoms with E-state index >= 15 is 0 Å². The number of aliphatic hydroxyl groups is 1. The molecule has 0 bridgehead atoms. The van der Waals surface area contributed by atoms with Crippen LogP contribution in [0.1, 0.15) is 18.6 Å². The fourth-order valence-corrected chi connectivity index (χ4v) is 1.83. The highest BCUT2D eigenvalue weighted by atomic mass is 35.5. The van der Waals surface area contributed by atoms with E-state index in [4.69, 9.17) is 16.3 Å². The van der Waals surface area contributed by atoms with Gasteiger partial charge in [-0.2, -0.15) is 0 Å². The molecule has 2 aromatic carbocycles. The van der Waals surface area contributed by atoms with Crippen LogP contribution in [0.5, 0.6) is 11.5 Å². The van der Waals surface area contributed by atoms with Crippen molar-refractivity contribution < 1.29 is 14.2 Å². The van der Waals surface area contributed by atoms with Gasteiger partial charge in [0.15, 0.2) is 0 Å². The Labute approximate surface area is 110 Å². The Hall–Kier alpha value is -1.58. The maximum absolute atomic E-state index is 13.6. The number of ether oxygens (including phenoxy) is 1. The summed E-state index contributed by atoms with van der Waals surface area (Å²) in [6.07, 6.45) is -0.955. The summed E-state index contributed by atoms with van der Waals surface area (Å²) in [4.78, 5) is 0. The topological polar surface area (TPSA) is 29.5 Å². The Bertz CT molecular complexity index is 555. The zero-order chi connectivity index (χ0) is 13.1. The van der Waals surface area contributed by atoms with Crippen LogP contribution in [-0.2, 0) is 0 Å². The van der Waals surface area contributed by atoms with Crippen molar-refractivity contribution in [2.24, 2.45) is 0 Å². The monoisotopic (exact) mass is 266 g/mol. The third-order valence-corrected chi connectivity index (χ3v) is 2.80. The summed E-state index contributed by atoms with van der Waals surface area (Å²) >= 11 is 5.96. The van der Waals surface area contributed by atoms with Gasteiger partial charge in [-0.15, -0.1) is 0 Å². The Kier molecular flexibility index (Phi) is 3.84. The minimum absolute atomic E-state index is 0.123. The molecule has 0 spiro atoms. The summed E-state index contributed by atoms with van der Waals surface area (Å²) in [7, 11) is 0. The van der Waals surface area contributed by atoms with Crippen LogP contribution >= 0.6 is 11.6 Å². The minimum atomic E-state index is -0.955. The van der Waals surface area contributed by atoms with Crippen molar-refractivity contribution in [2.75, 3.05) is 0 Å². The molecule has 0 unspecified atom stereocenters. The summed E-state index contributed by atoms with van der Waals surface area (Å²) in [5, 5.41) is 10.0. The highest BCUT2D eigenvalue weighted by molar-refractivity contribution is 6.32. The number of benzene rings is 2. The average molecular weight is 267 g/mol. The largest absolute Gasteiger partial charge is 0.455 e. The minimum Gasteiger partial charge on any atom is -0.455 e. The summed E-state index contributed by atoms with van der Waals surface area (Å²) < 4.78 is 19.2. The van der Waals surface area contributed by atoms with Crippen molar-refractivity contribution in [1.82, 2.24) is 0 Å². The fraction of sp³-hybridized carbons (Fsp3) is 0.143. The van der Waals surface area contributed by atoms with Gasteiger partial charge in [-0.1, -0.05) is 29.8 Å². The van der Waals surface area contributed by atoms with E-state index in [2.05, 4.69) is 0 Å². The molecule has 4 heteroatoms. The second-order valence-electron chi connectivity index (χ2n) is 3.86. The van der Waals surface area contributed by atoms with E-state index in [9.17, 15) is 9.50 Å². The standard InChI is InChI=1S/C14H12ClFO2/c1-9(17)14-11(16)6-4-8-13(14)18-12-7-3-2-5-10(12)15/h2-9,17H,1H3/t9-/m0/s1. The lowest BCUT2D eigenvalue weighted by Gasteiger charge is -2.14. The maximum atomic E-state index is 13.6. The molecule has 0 amide bonds. The van der Waals surface area contributed by atoms with Crippen LogP contribution in [0.3, 0.4) is 0 Å². The molecular weight excluding hydrogens is 255 g/mol. The molecule has 0 fully saturated rings. The summed E-state index contributed by atoms with van der Waals surface area (Å²) in [5.74, 6) is 0.180. The number of hydrogen-bond donors (Lipinski definition) is 1. The zero-order valence-corrected chi connectivity index (χ0v) is 10.5. The molecule has 1 atom stereocenters. The van der Waals surface area contributed by atoms with E-state index in [1.807, 2.05) is 0 Å². The summed E-state index contributed by atoms with van der Waals surface area (Å²) in [5.41, 5.74) is 0.123. The Balaban J connectivity index is 2.41. The third-order valence-electron chi connectivity index (χ3n) is 2.49. The predicted molar refractivity (Wildman–Crippen MR) is 68.6 cm³/mol. The first-order chi connectivity index (χ1) is 8.59. The van der Waals surface area contributed by atoms with Crippen LogP contribution in [0, 0.1) is 5.82 Å². The normalized spacial score (nSPS) is 12.2. The second kappa shape index (κ2) is 5.38. The molecule has 0 saturated carbocycles. The quantitative estimate of drug-likeness (QED) is 0.896. The molecular formula is C14H12ClFO2. The average Bonchev–Trinajstić information content (AvgIpc) is 2.31. The molecule has 18 heavy (non-hydrogen) atoms. The van der Waals surface area contributed by atoms with Crippen LogP contribution in [0.4, 0.5) is 4.39 Å². The fourth-order valence-electron chi connectivity index (χ4n) is 1.66. The number of hydrogen-bond acceptors (Lipinski definition) is 2. The van der Waals surface area contributed by atoms with Gasteiger partial charge in [0.2, 0.25) is 0 Å². The Morgan fingerprint density at radius 2 is 1.78 bits per heavy atom. The predicted octanol–water partition coefficient (Wildman–Crippen LogP) is 4.32. The highest BCUT2D eigenvalue weighted by Crippen LogP contribution is 2.34. The number of halogens is 2. The number of rotatable bonds is 3. The lowest BCUT2D eigenvalue weighted by molar-refractivity contribution is 0.190. The van der Waals surface area contributed by atoms with E-state index in [0.717, 1.165) is 0 Å². The SMILES string of the molecule is C[C@H](O)c1c(F)cccc1Oc1ccccc1Cl. The number of aliphatic hydroxyl groups excluding tert-OH is 1. The summed E-state index contributed by atoms with van der Waals surface area (Å²) in [6.45, 7) is 1.48. The van der Waals surface area contributed by atoms with Gasteiger partial charge in [0.25, 0.3) is 0 Å². The molecule has 94 valence electrons. The van der Waals surface area contributed by atoms with Crippen LogP contribution in [-0.4, -0.2) is 5.11 Å². The van der Waals surface area contributed by atoms with Crippen molar-refractivity contribution in [3.05, 3.63) is 58.9 Å².